The standard InChI is InChI=1S/C20H23N5O4S/c26-19-6-9-24(20(27)22-19)18-13-21-25-10-5-15(12-17(18)25)11-14-3-7-23(8-4-14)30(28,29)16-1-2-16/h5-6,9-10,12-14,16H,1-4,7-8,11H2,(H,22,26,27). The van der Waals surface area contributed by atoms with Crippen molar-refractivity contribution in [2.45, 2.75) is 37.4 Å². The predicted octanol–water partition coefficient (Wildman–Crippen LogP) is 0.920. The Morgan fingerprint density at radius 3 is 2.53 bits per heavy atom. The van der Waals surface area contributed by atoms with Gasteiger partial charge >= 0.3 is 5.69 Å². The third-order valence-electron chi connectivity index (χ3n) is 6.05. The van der Waals surface area contributed by atoms with Crippen LogP contribution in [0.4, 0.5) is 0 Å². The molecule has 10 heteroatoms. The lowest BCUT2D eigenvalue weighted by Gasteiger charge is -2.31. The fraction of sp³-hybridized carbons (Fsp3) is 0.450. The van der Waals surface area contributed by atoms with E-state index in [0.717, 1.165) is 43.2 Å². The van der Waals surface area contributed by atoms with E-state index < -0.39 is 21.3 Å². The molecule has 3 aromatic heterocycles. The number of fused-ring (bicyclic) bond motifs is 1. The van der Waals surface area contributed by atoms with Gasteiger partial charge in [-0.2, -0.15) is 5.10 Å². The number of nitrogens with one attached hydrogen (secondary N) is 1. The average molecular weight is 430 g/mol. The number of sulfonamides is 1. The summed E-state index contributed by atoms with van der Waals surface area (Å²) in [5.74, 6) is 0.417. The Bertz CT molecular complexity index is 1310. The van der Waals surface area contributed by atoms with Crippen LogP contribution in [0.2, 0.25) is 0 Å². The topological polar surface area (TPSA) is 110 Å². The van der Waals surface area contributed by atoms with Gasteiger partial charge < -0.3 is 0 Å². The molecule has 1 aliphatic carbocycles. The summed E-state index contributed by atoms with van der Waals surface area (Å²) in [4.78, 5) is 25.8. The normalized spacial score (nSPS) is 18.8. The van der Waals surface area contributed by atoms with E-state index in [-0.39, 0.29) is 5.25 Å². The molecule has 158 valence electrons. The summed E-state index contributed by atoms with van der Waals surface area (Å²) >= 11 is 0. The number of pyridine rings is 1. The summed E-state index contributed by atoms with van der Waals surface area (Å²) in [6, 6.07) is 5.32. The molecule has 1 N–H and O–H groups in total. The van der Waals surface area contributed by atoms with E-state index in [1.54, 1.807) is 15.0 Å². The number of H-pyrrole nitrogens is 1. The molecule has 3 aromatic rings. The molecule has 0 aromatic carbocycles. The van der Waals surface area contributed by atoms with Crippen molar-refractivity contribution < 1.29 is 8.42 Å². The highest BCUT2D eigenvalue weighted by atomic mass is 32.2. The second-order valence-electron chi connectivity index (χ2n) is 8.17. The molecule has 1 aliphatic heterocycles. The molecule has 0 unspecified atom stereocenters. The number of piperidine rings is 1. The molecule has 1 saturated carbocycles. The number of hydrogen-bond donors (Lipinski definition) is 1. The smallest absolute Gasteiger partial charge is 0.274 e. The van der Waals surface area contributed by atoms with Crippen LogP contribution in [0.3, 0.4) is 0 Å². The molecular weight excluding hydrogens is 406 g/mol. The van der Waals surface area contributed by atoms with Crippen molar-refractivity contribution in [2.75, 3.05) is 13.1 Å². The summed E-state index contributed by atoms with van der Waals surface area (Å²) in [6.45, 7) is 1.19. The molecule has 30 heavy (non-hydrogen) atoms. The lowest BCUT2D eigenvalue weighted by Crippen LogP contribution is -2.40. The zero-order valence-corrected chi connectivity index (χ0v) is 17.2. The van der Waals surface area contributed by atoms with Crippen LogP contribution in [-0.4, -0.2) is 50.2 Å². The van der Waals surface area contributed by atoms with Gasteiger partial charge in [0.1, 0.15) is 0 Å². The molecule has 0 atom stereocenters. The first-order valence-electron chi connectivity index (χ1n) is 10.2. The zero-order chi connectivity index (χ0) is 20.9. The Labute approximate surface area is 173 Å². The predicted molar refractivity (Wildman–Crippen MR) is 111 cm³/mol. The van der Waals surface area contributed by atoms with Gasteiger partial charge in [-0.1, -0.05) is 0 Å². The molecule has 9 nitrogen and oxygen atoms in total. The van der Waals surface area contributed by atoms with Crippen molar-refractivity contribution in [2.24, 2.45) is 5.92 Å². The van der Waals surface area contributed by atoms with Gasteiger partial charge in [0.05, 0.1) is 22.7 Å². The second-order valence-corrected chi connectivity index (χ2v) is 10.4. The van der Waals surface area contributed by atoms with Gasteiger partial charge in [0, 0.05) is 31.5 Å². The highest BCUT2D eigenvalue weighted by molar-refractivity contribution is 7.90. The highest BCUT2D eigenvalue weighted by Crippen LogP contribution is 2.33. The summed E-state index contributed by atoms with van der Waals surface area (Å²) in [7, 11) is -3.09. The lowest BCUT2D eigenvalue weighted by atomic mass is 9.91. The molecule has 2 fully saturated rings. The van der Waals surface area contributed by atoms with Crippen molar-refractivity contribution in [3.05, 3.63) is 63.2 Å². The number of aromatic amines is 1. The Morgan fingerprint density at radius 1 is 1.07 bits per heavy atom. The maximum Gasteiger partial charge on any atom is 0.333 e. The third kappa shape index (κ3) is 3.50. The maximum atomic E-state index is 12.4. The number of hydrogen-bond acceptors (Lipinski definition) is 5. The number of rotatable bonds is 5. The average Bonchev–Trinajstić information content (AvgIpc) is 3.51. The van der Waals surface area contributed by atoms with Crippen LogP contribution in [0.25, 0.3) is 11.2 Å². The van der Waals surface area contributed by atoms with Gasteiger partial charge in [0.25, 0.3) is 5.56 Å². The third-order valence-corrected chi connectivity index (χ3v) is 8.45. The fourth-order valence-electron chi connectivity index (χ4n) is 4.21. The molecule has 0 bridgehead atoms. The van der Waals surface area contributed by atoms with E-state index in [4.69, 9.17) is 0 Å². The molecule has 5 rings (SSSR count). The lowest BCUT2D eigenvalue weighted by molar-refractivity contribution is 0.272. The summed E-state index contributed by atoms with van der Waals surface area (Å²) in [5, 5.41) is 4.15. The van der Waals surface area contributed by atoms with E-state index in [9.17, 15) is 18.0 Å². The van der Waals surface area contributed by atoms with E-state index in [1.807, 2.05) is 18.3 Å². The molecule has 0 amide bonds. The van der Waals surface area contributed by atoms with Crippen LogP contribution in [-0.2, 0) is 16.4 Å². The van der Waals surface area contributed by atoms with Crippen molar-refractivity contribution in [3.63, 3.8) is 0 Å². The monoisotopic (exact) mass is 429 g/mol. The van der Waals surface area contributed by atoms with Crippen LogP contribution in [0.15, 0.2) is 46.4 Å². The van der Waals surface area contributed by atoms with Crippen molar-refractivity contribution >= 4 is 15.5 Å². The largest absolute Gasteiger partial charge is 0.333 e. The van der Waals surface area contributed by atoms with Crippen molar-refractivity contribution in [3.8, 4) is 5.69 Å². The van der Waals surface area contributed by atoms with Gasteiger partial charge in [-0.05, 0) is 55.7 Å². The Morgan fingerprint density at radius 2 is 1.83 bits per heavy atom. The van der Waals surface area contributed by atoms with Crippen LogP contribution >= 0.6 is 0 Å². The van der Waals surface area contributed by atoms with Crippen molar-refractivity contribution in [1.29, 1.82) is 0 Å². The summed E-state index contributed by atoms with van der Waals surface area (Å²) < 4.78 is 29.6. The Kier molecular flexibility index (Phi) is 4.62. The van der Waals surface area contributed by atoms with Crippen LogP contribution in [0.5, 0.6) is 0 Å². The van der Waals surface area contributed by atoms with E-state index in [2.05, 4.69) is 10.1 Å². The van der Waals surface area contributed by atoms with Gasteiger partial charge in [0.2, 0.25) is 10.0 Å². The van der Waals surface area contributed by atoms with E-state index >= 15 is 0 Å². The molecular formula is C20H23N5O4S. The summed E-state index contributed by atoms with van der Waals surface area (Å²) in [6.07, 6.45) is 9.05. The SMILES string of the molecule is O=c1ccn(-c2cnn3ccc(CC4CCN(S(=O)(=O)C5CC5)CC4)cc23)c(=O)[nH]1. The molecule has 2 aliphatic rings. The van der Waals surface area contributed by atoms with Crippen molar-refractivity contribution in [1.82, 2.24) is 23.5 Å². The Hall–Kier alpha value is -2.72. The molecule has 4 heterocycles. The molecule has 1 saturated heterocycles. The quantitative estimate of drug-likeness (QED) is 0.649. The minimum Gasteiger partial charge on any atom is -0.274 e. The zero-order valence-electron chi connectivity index (χ0n) is 16.4. The van der Waals surface area contributed by atoms with Gasteiger partial charge in [-0.15, -0.1) is 0 Å². The number of nitrogens with zero attached hydrogens (tertiary/aromatic N) is 4. The summed E-state index contributed by atoms with van der Waals surface area (Å²) in [5.41, 5.74) is 1.54. The van der Waals surface area contributed by atoms with Crippen LogP contribution in [0, 0.1) is 5.92 Å². The first kappa shape index (κ1) is 19.3. The molecule has 0 radical (unpaired) electrons. The molecule has 0 spiro atoms. The second kappa shape index (κ2) is 7.21. The van der Waals surface area contributed by atoms with Gasteiger partial charge in [-0.3, -0.25) is 14.3 Å². The minimum absolute atomic E-state index is 0.145. The van der Waals surface area contributed by atoms with Crippen LogP contribution < -0.4 is 11.2 Å². The fourth-order valence-corrected chi connectivity index (χ4v) is 6.08. The number of aromatic nitrogens is 4. The van der Waals surface area contributed by atoms with E-state index in [0.29, 0.717) is 24.7 Å². The first-order chi connectivity index (χ1) is 14.4. The van der Waals surface area contributed by atoms with E-state index in [1.165, 1.54) is 16.8 Å². The van der Waals surface area contributed by atoms with Gasteiger partial charge in [0.15, 0.2) is 0 Å². The first-order valence-corrected chi connectivity index (χ1v) is 11.7. The maximum absolute atomic E-state index is 12.4. The highest BCUT2D eigenvalue weighted by Gasteiger charge is 2.41. The Balaban J connectivity index is 1.35. The minimum atomic E-state index is -3.09. The van der Waals surface area contributed by atoms with Crippen LogP contribution in [0.1, 0.15) is 31.2 Å². The van der Waals surface area contributed by atoms with Gasteiger partial charge in [-0.25, -0.2) is 22.0 Å².